The number of aliphatic hydroxyl groups is 2. The Balaban J connectivity index is 3.06. The van der Waals surface area contributed by atoms with Crippen LogP contribution in [0.5, 0.6) is 0 Å². The van der Waals surface area contributed by atoms with E-state index in [2.05, 4.69) is 0 Å². The second-order valence-corrected chi connectivity index (χ2v) is 2.18. The first-order valence-corrected chi connectivity index (χ1v) is 3.07. The Labute approximate surface area is 55.3 Å². The summed E-state index contributed by atoms with van der Waals surface area (Å²) in [4.78, 5) is 0. The van der Waals surface area contributed by atoms with Crippen LogP contribution in [0, 0.1) is 0 Å². The molecule has 2 atom stereocenters. The summed E-state index contributed by atoms with van der Waals surface area (Å²) in [6.07, 6.45) is -0.612. The van der Waals surface area contributed by atoms with Crippen molar-refractivity contribution in [2.75, 3.05) is 13.2 Å². The minimum Gasteiger partial charge on any atom is -0.394 e. The van der Waals surface area contributed by atoms with E-state index in [1.807, 2.05) is 0 Å². The molecular formula is C6H14O3. The molecule has 0 saturated carbocycles. The van der Waals surface area contributed by atoms with Crippen LogP contribution in [0.4, 0.5) is 0 Å². The van der Waals surface area contributed by atoms with Crippen LogP contribution in [0.1, 0.15) is 13.8 Å². The molecular weight excluding hydrogens is 120 g/mol. The van der Waals surface area contributed by atoms with Gasteiger partial charge in [0, 0.05) is 0 Å². The summed E-state index contributed by atoms with van der Waals surface area (Å²) in [5.74, 6) is 0. The highest BCUT2D eigenvalue weighted by Crippen LogP contribution is 1.90. The Morgan fingerprint density at radius 2 is 2.00 bits per heavy atom. The van der Waals surface area contributed by atoms with Crippen LogP contribution in [0.2, 0.25) is 0 Å². The van der Waals surface area contributed by atoms with Crippen LogP contribution in [-0.2, 0) is 4.74 Å². The summed E-state index contributed by atoms with van der Waals surface area (Å²) in [6.45, 7) is 3.70. The zero-order valence-corrected chi connectivity index (χ0v) is 5.87. The summed E-state index contributed by atoms with van der Waals surface area (Å²) in [5, 5.41) is 17.1. The highest BCUT2D eigenvalue weighted by molar-refractivity contribution is 4.47. The van der Waals surface area contributed by atoms with Crippen LogP contribution < -0.4 is 0 Å². The molecule has 0 aliphatic carbocycles. The maximum atomic E-state index is 8.69. The summed E-state index contributed by atoms with van der Waals surface area (Å²) >= 11 is 0. The minimum atomic E-state index is -0.445. The maximum absolute atomic E-state index is 8.69. The predicted octanol–water partition coefficient (Wildman–Crippen LogP) is -0.235. The van der Waals surface area contributed by atoms with E-state index >= 15 is 0 Å². The SMILES string of the molecule is C[C@H](CO)OC[C@@H](C)O. The van der Waals surface area contributed by atoms with Crippen LogP contribution in [0.3, 0.4) is 0 Å². The molecule has 0 unspecified atom stereocenters. The van der Waals surface area contributed by atoms with Gasteiger partial charge in [0.1, 0.15) is 0 Å². The van der Waals surface area contributed by atoms with Gasteiger partial charge < -0.3 is 14.9 Å². The standard InChI is InChI=1S/C6H14O3/c1-5(8)4-9-6(2)3-7/h5-8H,3-4H2,1-2H3/t5-,6-/m1/s1. The lowest BCUT2D eigenvalue weighted by Gasteiger charge is -2.10. The van der Waals surface area contributed by atoms with E-state index in [9.17, 15) is 0 Å². The first-order chi connectivity index (χ1) is 4.16. The topological polar surface area (TPSA) is 49.7 Å². The number of aliphatic hydroxyl groups excluding tert-OH is 2. The molecule has 0 spiro atoms. The smallest absolute Gasteiger partial charge is 0.0779 e. The molecule has 0 aliphatic rings. The van der Waals surface area contributed by atoms with Crippen LogP contribution in [-0.4, -0.2) is 35.6 Å². The van der Waals surface area contributed by atoms with Gasteiger partial charge in [0.25, 0.3) is 0 Å². The minimum absolute atomic E-state index is 0.00667. The predicted molar refractivity (Wildman–Crippen MR) is 34.2 cm³/mol. The van der Waals surface area contributed by atoms with E-state index in [1.165, 1.54) is 0 Å². The summed E-state index contributed by atoms with van der Waals surface area (Å²) in [5.41, 5.74) is 0. The van der Waals surface area contributed by atoms with E-state index < -0.39 is 6.10 Å². The monoisotopic (exact) mass is 134 g/mol. The third kappa shape index (κ3) is 5.76. The van der Waals surface area contributed by atoms with Crippen molar-refractivity contribution in [3.8, 4) is 0 Å². The third-order valence-electron chi connectivity index (χ3n) is 0.879. The lowest BCUT2D eigenvalue weighted by molar-refractivity contribution is -0.0177. The van der Waals surface area contributed by atoms with E-state index in [0.717, 1.165) is 0 Å². The molecule has 0 fully saturated rings. The fourth-order valence-electron chi connectivity index (χ4n) is 0.356. The Morgan fingerprint density at radius 3 is 2.33 bits per heavy atom. The first kappa shape index (κ1) is 8.88. The average molecular weight is 134 g/mol. The number of rotatable bonds is 4. The zero-order chi connectivity index (χ0) is 7.28. The van der Waals surface area contributed by atoms with E-state index in [0.29, 0.717) is 6.61 Å². The van der Waals surface area contributed by atoms with Crippen molar-refractivity contribution in [2.24, 2.45) is 0 Å². The van der Waals surface area contributed by atoms with Crippen molar-refractivity contribution in [1.29, 1.82) is 0 Å². The lowest BCUT2D eigenvalue weighted by atomic mass is 10.4. The van der Waals surface area contributed by atoms with Gasteiger partial charge in [0.15, 0.2) is 0 Å². The Morgan fingerprint density at radius 1 is 1.44 bits per heavy atom. The van der Waals surface area contributed by atoms with Gasteiger partial charge in [-0.1, -0.05) is 0 Å². The zero-order valence-electron chi connectivity index (χ0n) is 5.87. The molecule has 0 amide bonds. The van der Waals surface area contributed by atoms with E-state index in [4.69, 9.17) is 14.9 Å². The van der Waals surface area contributed by atoms with Crippen molar-refractivity contribution in [3.05, 3.63) is 0 Å². The van der Waals surface area contributed by atoms with Gasteiger partial charge in [-0.25, -0.2) is 0 Å². The van der Waals surface area contributed by atoms with Crippen molar-refractivity contribution >= 4 is 0 Å². The Hall–Kier alpha value is -0.120. The molecule has 0 saturated heterocycles. The fraction of sp³-hybridized carbons (Fsp3) is 1.00. The Bertz CT molecular complexity index is 63.3. The van der Waals surface area contributed by atoms with Crippen molar-refractivity contribution in [3.63, 3.8) is 0 Å². The quantitative estimate of drug-likeness (QED) is 0.558. The molecule has 56 valence electrons. The van der Waals surface area contributed by atoms with E-state index in [-0.39, 0.29) is 12.7 Å². The van der Waals surface area contributed by atoms with Crippen molar-refractivity contribution in [1.82, 2.24) is 0 Å². The third-order valence-corrected chi connectivity index (χ3v) is 0.879. The summed E-state index contributed by atoms with van der Waals surface area (Å²) in [6, 6.07) is 0. The van der Waals surface area contributed by atoms with Gasteiger partial charge in [-0.05, 0) is 13.8 Å². The molecule has 0 heterocycles. The Kier molecular flexibility index (Phi) is 4.67. The van der Waals surface area contributed by atoms with Gasteiger partial charge in [0.05, 0.1) is 25.4 Å². The van der Waals surface area contributed by atoms with Gasteiger partial charge in [-0.15, -0.1) is 0 Å². The molecule has 3 heteroatoms. The number of hydrogen-bond donors (Lipinski definition) is 2. The summed E-state index contributed by atoms with van der Waals surface area (Å²) in [7, 11) is 0. The molecule has 0 radical (unpaired) electrons. The molecule has 2 N–H and O–H groups in total. The molecule has 0 bridgehead atoms. The second kappa shape index (κ2) is 4.73. The molecule has 0 aromatic carbocycles. The van der Waals surface area contributed by atoms with Crippen LogP contribution in [0.25, 0.3) is 0 Å². The first-order valence-electron chi connectivity index (χ1n) is 3.07. The van der Waals surface area contributed by atoms with Crippen molar-refractivity contribution < 1.29 is 14.9 Å². The number of hydrogen-bond acceptors (Lipinski definition) is 3. The van der Waals surface area contributed by atoms with Gasteiger partial charge in [-0.2, -0.15) is 0 Å². The molecule has 0 aliphatic heterocycles. The highest BCUT2D eigenvalue weighted by Gasteiger charge is 2.00. The highest BCUT2D eigenvalue weighted by atomic mass is 16.5. The van der Waals surface area contributed by atoms with E-state index in [1.54, 1.807) is 13.8 Å². The normalized spacial score (nSPS) is 17.3. The van der Waals surface area contributed by atoms with Gasteiger partial charge >= 0.3 is 0 Å². The van der Waals surface area contributed by atoms with Gasteiger partial charge in [-0.3, -0.25) is 0 Å². The summed E-state index contributed by atoms with van der Waals surface area (Å²) < 4.78 is 4.95. The molecule has 3 nitrogen and oxygen atoms in total. The average Bonchev–Trinajstić information content (AvgIpc) is 1.83. The second-order valence-electron chi connectivity index (χ2n) is 2.18. The number of ether oxygens (including phenoxy) is 1. The largest absolute Gasteiger partial charge is 0.394 e. The van der Waals surface area contributed by atoms with Gasteiger partial charge in [0.2, 0.25) is 0 Å². The molecule has 9 heavy (non-hydrogen) atoms. The molecule has 0 aromatic heterocycles. The van der Waals surface area contributed by atoms with Crippen LogP contribution >= 0.6 is 0 Å². The lowest BCUT2D eigenvalue weighted by Crippen LogP contribution is -2.19. The molecule has 0 aromatic rings. The van der Waals surface area contributed by atoms with Crippen LogP contribution in [0.15, 0.2) is 0 Å². The fourth-order valence-corrected chi connectivity index (χ4v) is 0.356. The maximum Gasteiger partial charge on any atom is 0.0779 e. The van der Waals surface area contributed by atoms with Crippen molar-refractivity contribution in [2.45, 2.75) is 26.1 Å². The molecule has 0 rings (SSSR count).